The van der Waals surface area contributed by atoms with Crippen LogP contribution in [0.4, 0.5) is 0 Å². The van der Waals surface area contributed by atoms with Gasteiger partial charge in [-0.05, 0) is 39.8 Å². The Bertz CT molecular complexity index is 538. The number of amides is 1. The molecule has 1 atom stereocenters. The summed E-state index contributed by atoms with van der Waals surface area (Å²) in [5.41, 5.74) is 5.94. The van der Waals surface area contributed by atoms with E-state index in [0.717, 1.165) is 0 Å². The number of hydrogen-bond acceptors (Lipinski definition) is 4. The van der Waals surface area contributed by atoms with Gasteiger partial charge in [0.25, 0.3) is 5.91 Å². The van der Waals surface area contributed by atoms with E-state index in [4.69, 9.17) is 27.4 Å². The van der Waals surface area contributed by atoms with Crippen LogP contribution in [0.1, 0.15) is 33.3 Å². The first-order valence-corrected chi connectivity index (χ1v) is 7.01. The molecule has 116 valence electrons. The van der Waals surface area contributed by atoms with Crippen LogP contribution >= 0.6 is 12.2 Å². The lowest BCUT2D eigenvalue weighted by molar-refractivity contribution is -0.128. The van der Waals surface area contributed by atoms with Crippen molar-refractivity contribution < 1.29 is 14.3 Å². The van der Waals surface area contributed by atoms with E-state index in [2.05, 4.69) is 5.32 Å². The van der Waals surface area contributed by atoms with Crippen LogP contribution in [0.5, 0.6) is 11.5 Å². The van der Waals surface area contributed by atoms with Gasteiger partial charge >= 0.3 is 0 Å². The van der Waals surface area contributed by atoms with Gasteiger partial charge in [0.1, 0.15) is 16.5 Å². The summed E-state index contributed by atoms with van der Waals surface area (Å²) in [4.78, 5) is 12.3. The van der Waals surface area contributed by atoms with Crippen molar-refractivity contribution in [2.45, 2.75) is 39.3 Å². The van der Waals surface area contributed by atoms with Crippen molar-refractivity contribution in [1.82, 2.24) is 5.32 Å². The number of hydrogen-bond donors (Lipinski definition) is 2. The molecular weight excluding hydrogens is 288 g/mol. The van der Waals surface area contributed by atoms with E-state index in [1.54, 1.807) is 25.1 Å². The zero-order valence-corrected chi connectivity index (χ0v) is 13.8. The van der Waals surface area contributed by atoms with Crippen molar-refractivity contribution >= 4 is 23.1 Å². The maximum Gasteiger partial charge on any atom is 0.261 e. The number of benzene rings is 1. The standard InChI is InChI=1S/C15H22N2O3S/c1-9(14(18)17-15(2,3)4)20-12-7-10(13(16)21)6-11(8-12)19-5/h6-9H,1-5H3,(H2,16,21)(H,17,18). The second-order valence-electron chi connectivity index (χ2n) is 5.76. The SMILES string of the molecule is COc1cc(OC(C)C(=O)NC(C)(C)C)cc(C(N)=S)c1. The Balaban J connectivity index is 2.89. The molecule has 0 spiro atoms. The van der Waals surface area contributed by atoms with Gasteiger partial charge in [-0.15, -0.1) is 0 Å². The zero-order valence-electron chi connectivity index (χ0n) is 13.0. The molecule has 0 radical (unpaired) electrons. The normalized spacial score (nSPS) is 12.4. The van der Waals surface area contributed by atoms with E-state index in [1.807, 2.05) is 20.8 Å². The van der Waals surface area contributed by atoms with Gasteiger partial charge in [0.05, 0.1) is 7.11 Å². The molecule has 0 aliphatic rings. The molecule has 0 aliphatic carbocycles. The average molecular weight is 310 g/mol. The molecule has 3 N–H and O–H groups in total. The maximum absolute atomic E-state index is 12.0. The Labute approximate surface area is 130 Å². The van der Waals surface area contributed by atoms with Crippen LogP contribution in [0.2, 0.25) is 0 Å². The lowest BCUT2D eigenvalue weighted by atomic mass is 10.1. The van der Waals surface area contributed by atoms with Crippen LogP contribution in [0.15, 0.2) is 18.2 Å². The first kappa shape index (κ1) is 17.2. The first-order chi connectivity index (χ1) is 9.62. The van der Waals surface area contributed by atoms with E-state index >= 15 is 0 Å². The molecule has 0 bridgehead atoms. The van der Waals surface area contributed by atoms with Gasteiger partial charge in [-0.25, -0.2) is 0 Å². The van der Waals surface area contributed by atoms with E-state index in [9.17, 15) is 4.79 Å². The highest BCUT2D eigenvalue weighted by Gasteiger charge is 2.21. The van der Waals surface area contributed by atoms with E-state index in [0.29, 0.717) is 17.1 Å². The van der Waals surface area contributed by atoms with Gasteiger partial charge in [-0.3, -0.25) is 4.79 Å². The highest BCUT2D eigenvalue weighted by atomic mass is 32.1. The lowest BCUT2D eigenvalue weighted by Crippen LogP contribution is -2.46. The summed E-state index contributed by atoms with van der Waals surface area (Å²) in [6, 6.07) is 5.09. The Morgan fingerprint density at radius 3 is 2.33 bits per heavy atom. The topological polar surface area (TPSA) is 73.6 Å². The van der Waals surface area contributed by atoms with Gasteiger partial charge in [-0.1, -0.05) is 12.2 Å². The molecule has 0 heterocycles. The van der Waals surface area contributed by atoms with E-state index in [1.165, 1.54) is 7.11 Å². The second-order valence-corrected chi connectivity index (χ2v) is 6.20. The molecule has 0 fully saturated rings. The number of thiocarbonyl (C=S) groups is 1. The number of nitrogens with two attached hydrogens (primary N) is 1. The number of ether oxygens (including phenoxy) is 2. The quantitative estimate of drug-likeness (QED) is 0.814. The summed E-state index contributed by atoms with van der Waals surface area (Å²) >= 11 is 4.95. The number of carbonyl (C=O) groups excluding carboxylic acids is 1. The number of carbonyl (C=O) groups is 1. The minimum absolute atomic E-state index is 0.192. The molecule has 1 amide bonds. The van der Waals surface area contributed by atoms with Gasteiger partial charge in [0, 0.05) is 17.2 Å². The van der Waals surface area contributed by atoms with E-state index < -0.39 is 6.10 Å². The van der Waals surface area contributed by atoms with E-state index in [-0.39, 0.29) is 16.4 Å². The molecule has 21 heavy (non-hydrogen) atoms. The monoisotopic (exact) mass is 310 g/mol. The molecule has 0 aromatic heterocycles. The number of rotatable bonds is 5. The third-order valence-electron chi connectivity index (χ3n) is 2.58. The van der Waals surface area contributed by atoms with Crippen molar-refractivity contribution in [3.8, 4) is 11.5 Å². The van der Waals surface area contributed by atoms with Gasteiger partial charge in [0.2, 0.25) is 0 Å². The first-order valence-electron chi connectivity index (χ1n) is 6.60. The molecule has 0 aliphatic heterocycles. The van der Waals surface area contributed by atoms with Crippen LogP contribution in [0, 0.1) is 0 Å². The maximum atomic E-state index is 12.0. The predicted octanol–water partition coefficient (Wildman–Crippen LogP) is 2.01. The largest absolute Gasteiger partial charge is 0.497 e. The fourth-order valence-corrected chi connectivity index (χ4v) is 1.75. The smallest absolute Gasteiger partial charge is 0.261 e. The fourth-order valence-electron chi connectivity index (χ4n) is 1.63. The average Bonchev–Trinajstić information content (AvgIpc) is 2.36. The minimum Gasteiger partial charge on any atom is -0.497 e. The van der Waals surface area contributed by atoms with Crippen molar-refractivity contribution in [1.29, 1.82) is 0 Å². The molecule has 5 nitrogen and oxygen atoms in total. The number of methoxy groups -OCH3 is 1. The lowest BCUT2D eigenvalue weighted by Gasteiger charge is -2.23. The summed E-state index contributed by atoms with van der Waals surface area (Å²) in [5, 5.41) is 2.86. The molecular formula is C15H22N2O3S. The highest BCUT2D eigenvalue weighted by molar-refractivity contribution is 7.80. The molecule has 6 heteroatoms. The van der Waals surface area contributed by atoms with Gasteiger partial charge in [-0.2, -0.15) is 0 Å². The molecule has 1 rings (SSSR count). The Morgan fingerprint density at radius 1 is 1.29 bits per heavy atom. The fraction of sp³-hybridized carbons (Fsp3) is 0.467. The third kappa shape index (κ3) is 5.59. The minimum atomic E-state index is -0.643. The Hall–Kier alpha value is -1.82. The summed E-state index contributed by atoms with van der Waals surface area (Å²) in [7, 11) is 1.54. The second kappa shape index (κ2) is 6.76. The van der Waals surface area contributed by atoms with Crippen molar-refractivity contribution in [2.75, 3.05) is 7.11 Å². The van der Waals surface area contributed by atoms with Crippen LogP contribution in [-0.4, -0.2) is 29.6 Å². The number of nitrogens with one attached hydrogen (secondary N) is 1. The highest BCUT2D eigenvalue weighted by Crippen LogP contribution is 2.23. The van der Waals surface area contributed by atoms with Gasteiger partial charge < -0.3 is 20.5 Å². The molecule has 0 saturated carbocycles. The Kier molecular flexibility index (Phi) is 5.54. The van der Waals surface area contributed by atoms with Crippen molar-refractivity contribution in [3.63, 3.8) is 0 Å². The Morgan fingerprint density at radius 2 is 1.86 bits per heavy atom. The van der Waals surface area contributed by atoms with Crippen molar-refractivity contribution in [3.05, 3.63) is 23.8 Å². The van der Waals surface area contributed by atoms with Crippen LogP contribution in [0.3, 0.4) is 0 Å². The molecule has 0 saturated heterocycles. The van der Waals surface area contributed by atoms with Crippen LogP contribution in [-0.2, 0) is 4.79 Å². The molecule has 1 unspecified atom stereocenters. The summed E-state index contributed by atoms with van der Waals surface area (Å²) in [6.45, 7) is 7.41. The third-order valence-corrected chi connectivity index (χ3v) is 2.82. The van der Waals surface area contributed by atoms with Crippen LogP contribution in [0.25, 0.3) is 0 Å². The summed E-state index contributed by atoms with van der Waals surface area (Å²) in [6.07, 6.45) is -0.643. The van der Waals surface area contributed by atoms with Crippen LogP contribution < -0.4 is 20.5 Å². The predicted molar refractivity (Wildman–Crippen MR) is 86.9 cm³/mol. The molecule has 1 aromatic rings. The molecule has 1 aromatic carbocycles. The summed E-state index contributed by atoms with van der Waals surface area (Å²) in [5.74, 6) is 0.856. The van der Waals surface area contributed by atoms with Crippen molar-refractivity contribution in [2.24, 2.45) is 5.73 Å². The zero-order chi connectivity index (χ0) is 16.2. The summed E-state index contributed by atoms with van der Waals surface area (Å²) < 4.78 is 10.8. The van der Waals surface area contributed by atoms with Gasteiger partial charge in [0.15, 0.2) is 6.10 Å².